The largest absolute Gasteiger partial charge is 0.494 e. The fourth-order valence-corrected chi connectivity index (χ4v) is 3.46. The molecule has 1 aliphatic heterocycles. The summed E-state index contributed by atoms with van der Waals surface area (Å²) in [4.78, 5) is 2.44. The lowest BCUT2D eigenvalue weighted by Gasteiger charge is -2.37. The fraction of sp³-hybridized carbons (Fsp3) is 0.667. The molecule has 0 radical (unpaired) electrons. The van der Waals surface area contributed by atoms with Crippen LogP contribution in [-0.2, 0) is 13.0 Å². The Morgan fingerprint density at radius 1 is 1.25 bits per heavy atom. The van der Waals surface area contributed by atoms with E-state index in [4.69, 9.17) is 4.74 Å². The van der Waals surface area contributed by atoms with Crippen LogP contribution in [0.25, 0.3) is 0 Å². The van der Waals surface area contributed by atoms with Crippen molar-refractivity contribution in [3.8, 4) is 5.75 Å². The fourth-order valence-electron chi connectivity index (χ4n) is 3.46. The Labute approximate surface area is 142 Å². The molecule has 0 aromatic heterocycles. The molecule has 1 heterocycles. The van der Waals surface area contributed by atoms with Crippen molar-refractivity contribution in [2.75, 3.05) is 26.2 Å². The smallest absolute Gasteiger partial charge is 0.401 e. The summed E-state index contributed by atoms with van der Waals surface area (Å²) >= 11 is 0. The number of rotatable bonds is 7. The van der Waals surface area contributed by atoms with Crippen molar-refractivity contribution in [1.29, 1.82) is 0 Å². The van der Waals surface area contributed by atoms with Gasteiger partial charge in [-0.15, -0.1) is 0 Å². The van der Waals surface area contributed by atoms with Gasteiger partial charge in [-0.2, -0.15) is 13.2 Å². The molecule has 1 unspecified atom stereocenters. The van der Waals surface area contributed by atoms with E-state index in [0.29, 0.717) is 18.4 Å². The first-order chi connectivity index (χ1) is 11.4. The minimum absolute atomic E-state index is 0.163. The number of ether oxygens (including phenoxy) is 1. The van der Waals surface area contributed by atoms with Gasteiger partial charge in [-0.3, -0.25) is 4.90 Å². The van der Waals surface area contributed by atoms with Crippen LogP contribution in [0.3, 0.4) is 0 Å². The number of hydrogen-bond acceptors (Lipinski definition) is 3. The monoisotopic (exact) mass is 344 g/mol. The standard InChI is InChI=1S/C18H27F3N2O/c1-4-16-15-10-17(24-6-3)14(11-22-12-18(19,20)21)9-13(15)7-8-23(16)5-2/h9-10,16,22H,4-8,11-12H2,1-3H3. The first-order valence-corrected chi connectivity index (χ1v) is 8.69. The Hall–Kier alpha value is -1.27. The van der Waals surface area contributed by atoms with Crippen molar-refractivity contribution in [1.82, 2.24) is 10.2 Å². The van der Waals surface area contributed by atoms with Gasteiger partial charge in [-0.25, -0.2) is 0 Å². The zero-order valence-corrected chi connectivity index (χ0v) is 14.7. The molecule has 136 valence electrons. The molecule has 0 aliphatic carbocycles. The molecule has 6 heteroatoms. The van der Waals surface area contributed by atoms with Crippen molar-refractivity contribution < 1.29 is 17.9 Å². The molecule has 0 saturated carbocycles. The van der Waals surface area contributed by atoms with Crippen LogP contribution in [0.4, 0.5) is 13.2 Å². The molecule has 0 fully saturated rings. The molecule has 0 spiro atoms. The van der Waals surface area contributed by atoms with E-state index in [2.05, 4.69) is 24.1 Å². The molecule has 0 amide bonds. The van der Waals surface area contributed by atoms with E-state index in [9.17, 15) is 13.2 Å². The molecular weight excluding hydrogens is 317 g/mol. The van der Waals surface area contributed by atoms with Gasteiger partial charge in [-0.1, -0.05) is 19.9 Å². The SMILES string of the molecule is CCOc1cc2c(cc1CNCC(F)(F)F)CCN(CC)C2CC. The van der Waals surface area contributed by atoms with Crippen LogP contribution in [0.15, 0.2) is 12.1 Å². The third-order valence-electron chi connectivity index (χ3n) is 4.52. The van der Waals surface area contributed by atoms with E-state index in [1.54, 1.807) is 0 Å². The van der Waals surface area contributed by atoms with Crippen LogP contribution in [0.5, 0.6) is 5.75 Å². The molecule has 1 aromatic carbocycles. The second-order valence-corrected chi connectivity index (χ2v) is 6.11. The van der Waals surface area contributed by atoms with Crippen molar-refractivity contribution in [2.45, 2.75) is 52.4 Å². The second kappa shape index (κ2) is 8.21. The number of alkyl halides is 3. The summed E-state index contributed by atoms with van der Waals surface area (Å²) < 4.78 is 42.8. The van der Waals surface area contributed by atoms with Crippen LogP contribution in [0.1, 0.15) is 49.9 Å². The summed E-state index contributed by atoms with van der Waals surface area (Å²) in [6.45, 7) is 7.88. The molecule has 1 aromatic rings. The zero-order chi connectivity index (χ0) is 17.7. The zero-order valence-electron chi connectivity index (χ0n) is 14.7. The first kappa shape index (κ1) is 19.1. The highest BCUT2D eigenvalue weighted by Gasteiger charge is 2.28. The maximum atomic E-state index is 12.4. The number of nitrogens with one attached hydrogen (secondary N) is 1. The second-order valence-electron chi connectivity index (χ2n) is 6.11. The minimum atomic E-state index is -4.20. The van der Waals surface area contributed by atoms with E-state index in [0.717, 1.165) is 31.5 Å². The predicted molar refractivity (Wildman–Crippen MR) is 89.4 cm³/mol. The molecular formula is C18H27F3N2O. The van der Waals surface area contributed by atoms with Gasteiger partial charge >= 0.3 is 6.18 Å². The van der Waals surface area contributed by atoms with Gasteiger partial charge in [0.05, 0.1) is 13.2 Å². The van der Waals surface area contributed by atoms with Crippen molar-refractivity contribution in [2.24, 2.45) is 0 Å². The average Bonchev–Trinajstić information content (AvgIpc) is 2.53. The maximum absolute atomic E-state index is 12.4. The van der Waals surface area contributed by atoms with E-state index in [-0.39, 0.29) is 6.54 Å². The van der Waals surface area contributed by atoms with Gasteiger partial charge in [0.2, 0.25) is 0 Å². The Balaban J connectivity index is 2.26. The molecule has 1 N–H and O–H groups in total. The van der Waals surface area contributed by atoms with E-state index >= 15 is 0 Å². The lowest BCUT2D eigenvalue weighted by Crippen LogP contribution is -2.35. The quantitative estimate of drug-likeness (QED) is 0.807. The highest BCUT2D eigenvalue weighted by Crippen LogP contribution is 2.36. The van der Waals surface area contributed by atoms with E-state index in [1.165, 1.54) is 11.1 Å². The lowest BCUT2D eigenvalue weighted by atomic mass is 9.89. The molecule has 1 aliphatic rings. The van der Waals surface area contributed by atoms with Gasteiger partial charge < -0.3 is 10.1 Å². The van der Waals surface area contributed by atoms with Crippen LogP contribution in [-0.4, -0.2) is 37.3 Å². The van der Waals surface area contributed by atoms with Gasteiger partial charge in [-0.05, 0) is 43.5 Å². The Morgan fingerprint density at radius 3 is 2.58 bits per heavy atom. The number of halogens is 3. The van der Waals surface area contributed by atoms with E-state index < -0.39 is 12.7 Å². The number of nitrogens with zero attached hydrogens (tertiary/aromatic N) is 1. The summed E-state index contributed by atoms with van der Waals surface area (Å²) in [6.07, 6.45) is -2.26. The molecule has 3 nitrogen and oxygen atoms in total. The summed E-state index contributed by atoms with van der Waals surface area (Å²) in [5.74, 6) is 0.697. The summed E-state index contributed by atoms with van der Waals surface area (Å²) in [7, 11) is 0. The van der Waals surface area contributed by atoms with Crippen LogP contribution in [0.2, 0.25) is 0 Å². The van der Waals surface area contributed by atoms with Crippen molar-refractivity contribution in [3.63, 3.8) is 0 Å². The highest BCUT2D eigenvalue weighted by atomic mass is 19.4. The summed E-state index contributed by atoms with van der Waals surface area (Å²) in [5, 5.41) is 2.48. The van der Waals surface area contributed by atoms with Crippen LogP contribution >= 0.6 is 0 Å². The molecule has 1 atom stereocenters. The molecule has 2 rings (SSSR count). The van der Waals surface area contributed by atoms with Gasteiger partial charge in [0.1, 0.15) is 5.75 Å². The predicted octanol–water partition coefficient (Wildman–Crippen LogP) is 4.07. The minimum Gasteiger partial charge on any atom is -0.494 e. The van der Waals surface area contributed by atoms with Crippen molar-refractivity contribution >= 4 is 0 Å². The number of hydrogen-bond donors (Lipinski definition) is 1. The van der Waals surface area contributed by atoms with Crippen LogP contribution < -0.4 is 10.1 Å². The van der Waals surface area contributed by atoms with Gasteiger partial charge in [0, 0.05) is 24.7 Å². The molecule has 0 saturated heterocycles. The number of fused-ring (bicyclic) bond motifs is 1. The maximum Gasteiger partial charge on any atom is 0.401 e. The first-order valence-electron chi connectivity index (χ1n) is 8.69. The van der Waals surface area contributed by atoms with Gasteiger partial charge in [0.15, 0.2) is 0 Å². The Kier molecular flexibility index (Phi) is 6.52. The highest BCUT2D eigenvalue weighted by molar-refractivity contribution is 5.45. The third kappa shape index (κ3) is 4.63. The summed E-state index contributed by atoms with van der Waals surface area (Å²) in [6, 6.07) is 4.42. The summed E-state index contributed by atoms with van der Waals surface area (Å²) in [5.41, 5.74) is 3.30. The molecule has 24 heavy (non-hydrogen) atoms. The van der Waals surface area contributed by atoms with Crippen molar-refractivity contribution in [3.05, 3.63) is 28.8 Å². The molecule has 0 bridgehead atoms. The number of likely N-dealkylation sites (N-methyl/N-ethyl adjacent to an activating group) is 1. The Morgan fingerprint density at radius 2 is 2.00 bits per heavy atom. The lowest BCUT2D eigenvalue weighted by molar-refractivity contribution is -0.125. The topological polar surface area (TPSA) is 24.5 Å². The normalized spacial score (nSPS) is 18.5. The van der Waals surface area contributed by atoms with Crippen LogP contribution in [0, 0.1) is 0 Å². The Bertz CT molecular complexity index is 546. The van der Waals surface area contributed by atoms with E-state index in [1.807, 2.05) is 19.1 Å². The number of benzene rings is 1. The average molecular weight is 344 g/mol. The van der Waals surface area contributed by atoms with Gasteiger partial charge in [0.25, 0.3) is 0 Å². The third-order valence-corrected chi connectivity index (χ3v) is 4.52.